The minimum absolute atomic E-state index is 0.0812. The van der Waals surface area contributed by atoms with E-state index in [4.69, 9.17) is 17.3 Å². The number of hydrogen-bond acceptors (Lipinski definition) is 2. The van der Waals surface area contributed by atoms with Gasteiger partial charge in [0.1, 0.15) is 0 Å². The van der Waals surface area contributed by atoms with E-state index in [2.05, 4.69) is 13.8 Å². The summed E-state index contributed by atoms with van der Waals surface area (Å²) in [7, 11) is 0. The van der Waals surface area contributed by atoms with E-state index in [0.29, 0.717) is 21.8 Å². The van der Waals surface area contributed by atoms with E-state index in [-0.39, 0.29) is 5.78 Å². The summed E-state index contributed by atoms with van der Waals surface area (Å²) in [5.74, 6) is -0.0812. The molecule has 0 saturated heterocycles. The van der Waals surface area contributed by atoms with Crippen molar-refractivity contribution in [2.24, 2.45) is 0 Å². The van der Waals surface area contributed by atoms with Crippen molar-refractivity contribution in [3.63, 3.8) is 0 Å². The predicted octanol–water partition coefficient (Wildman–Crippen LogP) is 4.28. The van der Waals surface area contributed by atoms with Crippen LogP contribution in [0.5, 0.6) is 0 Å². The Morgan fingerprint density at radius 1 is 1.10 bits per heavy atom. The molecule has 0 aliphatic rings. The Balaban J connectivity index is 2.46. The summed E-state index contributed by atoms with van der Waals surface area (Å²) in [6.07, 6.45) is 1.88. The van der Waals surface area contributed by atoms with Crippen LogP contribution in [-0.2, 0) is 12.8 Å². The van der Waals surface area contributed by atoms with Gasteiger partial charge in [-0.2, -0.15) is 0 Å². The summed E-state index contributed by atoms with van der Waals surface area (Å²) < 4.78 is 0. The van der Waals surface area contributed by atoms with Crippen LogP contribution < -0.4 is 5.73 Å². The summed E-state index contributed by atoms with van der Waals surface area (Å²) in [6, 6.07) is 11.0. The highest BCUT2D eigenvalue weighted by Gasteiger charge is 2.15. The molecule has 0 fully saturated rings. The maximum atomic E-state index is 12.5. The average molecular weight is 288 g/mol. The van der Waals surface area contributed by atoms with Crippen LogP contribution in [0.3, 0.4) is 0 Å². The largest absolute Gasteiger partial charge is 0.397 e. The summed E-state index contributed by atoms with van der Waals surface area (Å²) in [5, 5.41) is 0.414. The molecular formula is C17H18ClNO. The molecule has 0 atom stereocenters. The van der Waals surface area contributed by atoms with Crippen molar-refractivity contribution in [3.05, 3.63) is 63.7 Å². The van der Waals surface area contributed by atoms with E-state index in [1.165, 1.54) is 11.1 Å². The molecule has 2 N–H and O–H groups in total. The van der Waals surface area contributed by atoms with E-state index < -0.39 is 0 Å². The van der Waals surface area contributed by atoms with Crippen LogP contribution >= 0.6 is 11.6 Å². The Bertz CT molecular complexity index is 649. The number of benzene rings is 2. The zero-order chi connectivity index (χ0) is 14.7. The fraction of sp³-hybridized carbons (Fsp3) is 0.235. The van der Waals surface area contributed by atoms with Crippen molar-refractivity contribution in [2.45, 2.75) is 26.7 Å². The topological polar surface area (TPSA) is 43.1 Å². The first kappa shape index (κ1) is 14.6. The first-order valence-electron chi connectivity index (χ1n) is 6.79. The van der Waals surface area contributed by atoms with Gasteiger partial charge >= 0.3 is 0 Å². The molecule has 3 heteroatoms. The number of carbonyl (C=O) groups is 1. The summed E-state index contributed by atoms with van der Waals surface area (Å²) in [4.78, 5) is 12.5. The highest BCUT2D eigenvalue weighted by molar-refractivity contribution is 6.34. The molecule has 2 nitrogen and oxygen atoms in total. The number of nitrogens with two attached hydrogens (primary N) is 1. The molecule has 2 aromatic carbocycles. The van der Waals surface area contributed by atoms with Gasteiger partial charge in [0, 0.05) is 11.1 Å². The highest BCUT2D eigenvalue weighted by atomic mass is 35.5. The molecule has 0 unspecified atom stereocenters. The molecule has 0 spiro atoms. The lowest BCUT2D eigenvalue weighted by molar-refractivity contribution is 0.103. The van der Waals surface area contributed by atoms with Crippen LogP contribution in [0.1, 0.15) is 40.9 Å². The first-order chi connectivity index (χ1) is 9.58. The Morgan fingerprint density at radius 2 is 1.80 bits per heavy atom. The molecule has 0 aliphatic heterocycles. The summed E-state index contributed by atoms with van der Waals surface area (Å²) in [5.41, 5.74) is 9.85. The fourth-order valence-electron chi connectivity index (χ4n) is 2.33. The second-order valence-corrected chi connectivity index (χ2v) is 5.13. The number of rotatable bonds is 4. The smallest absolute Gasteiger partial charge is 0.195 e. The first-order valence-corrected chi connectivity index (χ1v) is 7.16. The maximum Gasteiger partial charge on any atom is 0.195 e. The molecule has 2 rings (SSSR count). The van der Waals surface area contributed by atoms with Crippen molar-refractivity contribution in [3.8, 4) is 0 Å². The number of carbonyl (C=O) groups excluding carboxylic acids is 1. The molecule has 0 amide bonds. The lowest BCUT2D eigenvalue weighted by atomic mass is 9.95. The number of para-hydroxylation sites is 1. The van der Waals surface area contributed by atoms with Gasteiger partial charge in [0.2, 0.25) is 0 Å². The quantitative estimate of drug-likeness (QED) is 0.674. The van der Waals surface area contributed by atoms with Gasteiger partial charge in [-0.1, -0.05) is 43.6 Å². The van der Waals surface area contributed by atoms with Gasteiger partial charge < -0.3 is 5.73 Å². The number of halogens is 1. The molecule has 0 saturated carbocycles. The predicted molar refractivity (Wildman–Crippen MR) is 84.5 cm³/mol. The molecule has 0 aromatic heterocycles. The van der Waals surface area contributed by atoms with Crippen molar-refractivity contribution in [1.29, 1.82) is 0 Å². The van der Waals surface area contributed by atoms with Gasteiger partial charge in [-0.05, 0) is 42.2 Å². The minimum Gasteiger partial charge on any atom is -0.397 e. The normalized spacial score (nSPS) is 10.6. The Labute approximate surface area is 124 Å². The van der Waals surface area contributed by atoms with Crippen molar-refractivity contribution < 1.29 is 4.79 Å². The zero-order valence-corrected chi connectivity index (χ0v) is 12.5. The SMILES string of the molecule is CCc1ccc(C(=O)c2cccc(Cl)c2N)cc1CC. The molecule has 104 valence electrons. The van der Waals surface area contributed by atoms with E-state index in [1.807, 2.05) is 18.2 Å². The molecule has 0 heterocycles. The van der Waals surface area contributed by atoms with E-state index in [0.717, 1.165) is 12.8 Å². The second-order valence-electron chi connectivity index (χ2n) is 4.72. The molecule has 20 heavy (non-hydrogen) atoms. The maximum absolute atomic E-state index is 12.5. The molecular weight excluding hydrogens is 270 g/mol. The number of nitrogen functional groups attached to an aromatic ring is 1. The van der Waals surface area contributed by atoms with E-state index in [9.17, 15) is 4.79 Å². The van der Waals surface area contributed by atoms with Crippen LogP contribution in [0.25, 0.3) is 0 Å². The number of anilines is 1. The molecule has 0 aliphatic carbocycles. The lowest BCUT2D eigenvalue weighted by Gasteiger charge is -2.10. The van der Waals surface area contributed by atoms with Crippen molar-refractivity contribution in [2.75, 3.05) is 5.73 Å². The van der Waals surface area contributed by atoms with Crippen LogP contribution in [0.4, 0.5) is 5.69 Å². The standard InChI is InChI=1S/C17H18ClNO/c1-3-11-8-9-13(10-12(11)4-2)17(20)14-6-5-7-15(18)16(14)19/h5-10H,3-4,19H2,1-2H3. The monoisotopic (exact) mass is 287 g/mol. The zero-order valence-electron chi connectivity index (χ0n) is 11.7. The molecule has 2 aromatic rings. The number of ketones is 1. The fourth-order valence-corrected chi connectivity index (χ4v) is 2.51. The highest BCUT2D eigenvalue weighted by Crippen LogP contribution is 2.25. The van der Waals surface area contributed by atoms with Gasteiger partial charge in [0.05, 0.1) is 10.7 Å². The Hall–Kier alpha value is -1.80. The Kier molecular flexibility index (Phi) is 4.46. The van der Waals surface area contributed by atoms with Gasteiger partial charge in [0.15, 0.2) is 5.78 Å². The number of hydrogen-bond donors (Lipinski definition) is 1. The van der Waals surface area contributed by atoms with Crippen LogP contribution in [0.15, 0.2) is 36.4 Å². The lowest BCUT2D eigenvalue weighted by Crippen LogP contribution is -2.07. The average Bonchev–Trinajstić information content (AvgIpc) is 2.48. The minimum atomic E-state index is -0.0812. The summed E-state index contributed by atoms with van der Waals surface area (Å²) >= 11 is 5.97. The van der Waals surface area contributed by atoms with E-state index >= 15 is 0 Å². The molecule has 0 radical (unpaired) electrons. The van der Waals surface area contributed by atoms with E-state index in [1.54, 1.807) is 18.2 Å². The summed E-state index contributed by atoms with van der Waals surface area (Å²) in [6.45, 7) is 4.21. The third kappa shape index (κ3) is 2.70. The van der Waals surface area contributed by atoms with Gasteiger partial charge in [0.25, 0.3) is 0 Å². The van der Waals surface area contributed by atoms with Gasteiger partial charge in [-0.3, -0.25) is 4.79 Å². The third-order valence-corrected chi connectivity index (χ3v) is 3.86. The molecule has 0 bridgehead atoms. The second kappa shape index (κ2) is 6.10. The number of aryl methyl sites for hydroxylation is 2. The van der Waals surface area contributed by atoms with Crippen LogP contribution in [-0.4, -0.2) is 5.78 Å². The third-order valence-electron chi connectivity index (χ3n) is 3.53. The van der Waals surface area contributed by atoms with Crippen molar-refractivity contribution >= 4 is 23.1 Å². The van der Waals surface area contributed by atoms with Crippen molar-refractivity contribution in [1.82, 2.24) is 0 Å². The van der Waals surface area contributed by atoms with Gasteiger partial charge in [-0.25, -0.2) is 0 Å². The Morgan fingerprint density at radius 3 is 2.45 bits per heavy atom. The van der Waals surface area contributed by atoms with Gasteiger partial charge in [-0.15, -0.1) is 0 Å². The van der Waals surface area contributed by atoms with Crippen LogP contribution in [0.2, 0.25) is 5.02 Å². The van der Waals surface area contributed by atoms with Crippen LogP contribution in [0, 0.1) is 0 Å².